The van der Waals surface area contributed by atoms with Crippen LogP contribution in [0.4, 0.5) is 0 Å². The van der Waals surface area contributed by atoms with Crippen molar-refractivity contribution in [3.05, 3.63) is 0 Å². The van der Waals surface area contributed by atoms with E-state index in [0.29, 0.717) is 12.5 Å². The lowest BCUT2D eigenvalue weighted by Crippen LogP contribution is -2.57. The number of nitrogens with one attached hydrogen (secondary N) is 1. The average molecular weight is 184 g/mol. The summed E-state index contributed by atoms with van der Waals surface area (Å²) >= 11 is 0. The minimum Gasteiger partial charge on any atom is -0.345 e. The molecule has 0 bridgehead atoms. The zero-order valence-electron chi connectivity index (χ0n) is 8.33. The van der Waals surface area contributed by atoms with Gasteiger partial charge in [-0.15, -0.1) is 0 Å². The summed E-state index contributed by atoms with van der Waals surface area (Å²) in [5, 5.41) is 2.55. The topological polar surface area (TPSA) is 49.4 Å². The number of piperazine rings is 1. The summed E-state index contributed by atoms with van der Waals surface area (Å²) in [7, 11) is 0. The molecule has 0 aromatic carbocycles. The second-order valence-electron chi connectivity index (χ2n) is 3.83. The Kier molecular flexibility index (Phi) is 2.90. The van der Waals surface area contributed by atoms with Crippen molar-refractivity contribution < 1.29 is 9.59 Å². The highest BCUT2D eigenvalue weighted by Gasteiger charge is 2.30. The Hall–Kier alpha value is -1.06. The number of hydrogen-bond acceptors (Lipinski definition) is 2. The van der Waals surface area contributed by atoms with Gasteiger partial charge in [0.2, 0.25) is 11.8 Å². The molecular formula is C9H16N2O2. The van der Waals surface area contributed by atoms with Crippen molar-refractivity contribution in [2.24, 2.45) is 5.92 Å². The van der Waals surface area contributed by atoms with Crippen LogP contribution in [0.25, 0.3) is 0 Å². The lowest BCUT2D eigenvalue weighted by atomic mass is 10.1. The molecule has 4 nitrogen and oxygen atoms in total. The zero-order valence-corrected chi connectivity index (χ0v) is 8.33. The van der Waals surface area contributed by atoms with Gasteiger partial charge in [-0.25, -0.2) is 0 Å². The summed E-state index contributed by atoms with van der Waals surface area (Å²) < 4.78 is 0. The second-order valence-corrected chi connectivity index (χ2v) is 3.83. The Morgan fingerprint density at radius 1 is 1.54 bits per heavy atom. The molecule has 0 radical (unpaired) electrons. The summed E-state index contributed by atoms with van der Waals surface area (Å²) in [5.74, 6) is 0.360. The van der Waals surface area contributed by atoms with E-state index < -0.39 is 0 Å². The van der Waals surface area contributed by atoms with Gasteiger partial charge in [0.1, 0.15) is 6.04 Å². The van der Waals surface area contributed by atoms with Gasteiger partial charge in [-0.1, -0.05) is 13.8 Å². The Morgan fingerprint density at radius 3 is 2.69 bits per heavy atom. The van der Waals surface area contributed by atoms with Gasteiger partial charge in [-0.3, -0.25) is 9.59 Å². The normalized spacial score (nSPS) is 23.7. The first-order valence-electron chi connectivity index (χ1n) is 4.59. The first kappa shape index (κ1) is 10.0. The molecule has 1 unspecified atom stereocenters. The van der Waals surface area contributed by atoms with Crippen molar-refractivity contribution in [2.45, 2.75) is 26.8 Å². The fraction of sp³-hybridized carbons (Fsp3) is 0.778. The lowest BCUT2D eigenvalue weighted by molar-refractivity contribution is -0.145. The fourth-order valence-corrected chi connectivity index (χ4v) is 1.42. The summed E-state index contributed by atoms with van der Waals surface area (Å²) in [5.41, 5.74) is 0. The molecule has 2 amide bonds. The second kappa shape index (κ2) is 3.77. The van der Waals surface area contributed by atoms with E-state index in [1.54, 1.807) is 11.8 Å². The van der Waals surface area contributed by atoms with Crippen molar-refractivity contribution in [2.75, 3.05) is 13.1 Å². The van der Waals surface area contributed by atoms with Crippen LogP contribution in [0.2, 0.25) is 0 Å². The van der Waals surface area contributed by atoms with Gasteiger partial charge in [0.15, 0.2) is 0 Å². The Balaban J connectivity index is 2.66. The molecule has 1 aliphatic rings. The van der Waals surface area contributed by atoms with Crippen molar-refractivity contribution in [1.29, 1.82) is 0 Å². The maximum atomic E-state index is 11.4. The molecule has 0 aromatic rings. The van der Waals surface area contributed by atoms with E-state index in [9.17, 15) is 9.59 Å². The minimum atomic E-state index is -0.316. The fourth-order valence-electron chi connectivity index (χ4n) is 1.42. The summed E-state index contributed by atoms with van der Waals surface area (Å²) in [4.78, 5) is 24.3. The number of nitrogens with zero attached hydrogens (tertiary/aromatic N) is 1. The van der Waals surface area contributed by atoms with Crippen LogP contribution in [-0.4, -0.2) is 35.8 Å². The first-order chi connectivity index (χ1) is 6.02. The van der Waals surface area contributed by atoms with Crippen LogP contribution in [-0.2, 0) is 9.59 Å². The predicted octanol–water partition coefficient (Wildman–Crippen LogP) is -0.0107. The molecule has 74 valence electrons. The predicted molar refractivity (Wildman–Crippen MR) is 49.0 cm³/mol. The van der Waals surface area contributed by atoms with E-state index in [1.165, 1.54) is 0 Å². The maximum absolute atomic E-state index is 11.4. The number of hydrogen-bond donors (Lipinski definition) is 1. The standard InChI is InChI=1S/C9H16N2O2/c1-6(2)5-11-7(3)9(13)10-4-8(11)12/h6-7H,4-5H2,1-3H3,(H,10,13). The van der Waals surface area contributed by atoms with Crippen LogP contribution in [0.15, 0.2) is 0 Å². The molecule has 1 saturated heterocycles. The van der Waals surface area contributed by atoms with Crippen molar-refractivity contribution in [3.8, 4) is 0 Å². The SMILES string of the molecule is CC(C)CN1C(=O)CNC(=O)C1C. The molecule has 1 N–H and O–H groups in total. The van der Waals surface area contributed by atoms with Crippen molar-refractivity contribution >= 4 is 11.8 Å². The van der Waals surface area contributed by atoms with Gasteiger partial charge in [0.05, 0.1) is 6.54 Å². The molecule has 0 spiro atoms. The van der Waals surface area contributed by atoms with Crippen LogP contribution in [0.1, 0.15) is 20.8 Å². The summed E-state index contributed by atoms with van der Waals surface area (Å²) in [6.45, 7) is 6.64. The monoisotopic (exact) mass is 184 g/mol. The first-order valence-corrected chi connectivity index (χ1v) is 4.59. The molecule has 13 heavy (non-hydrogen) atoms. The van der Waals surface area contributed by atoms with Gasteiger partial charge in [-0.05, 0) is 12.8 Å². The molecular weight excluding hydrogens is 168 g/mol. The number of carbonyl (C=O) groups excluding carboxylic acids is 2. The molecule has 0 aliphatic carbocycles. The molecule has 1 aliphatic heterocycles. The van der Waals surface area contributed by atoms with E-state index in [2.05, 4.69) is 5.32 Å². The van der Waals surface area contributed by atoms with Crippen LogP contribution >= 0.6 is 0 Å². The number of carbonyl (C=O) groups is 2. The molecule has 1 atom stereocenters. The Labute approximate surface area is 78.3 Å². The zero-order chi connectivity index (χ0) is 10.0. The maximum Gasteiger partial charge on any atom is 0.242 e. The highest BCUT2D eigenvalue weighted by molar-refractivity contribution is 5.94. The van der Waals surface area contributed by atoms with Crippen molar-refractivity contribution in [3.63, 3.8) is 0 Å². The van der Waals surface area contributed by atoms with Gasteiger partial charge < -0.3 is 10.2 Å². The molecule has 0 saturated carbocycles. The van der Waals surface area contributed by atoms with Gasteiger partial charge in [-0.2, -0.15) is 0 Å². The van der Waals surface area contributed by atoms with E-state index in [1.807, 2.05) is 13.8 Å². The van der Waals surface area contributed by atoms with Crippen LogP contribution < -0.4 is 5.32 Å². The third-order valence-electron chi connectivity index (χ3n) is 2.14. The molecule has 1 heterocycles. The summed E-state index contributed by atoms with van der Waals surface area (Å²) in [6, 6.07) is -0.316. The van der Waals surface area contributed by atoms with Gasteiger partial charge in [0, 0.05) is 6.54 Å². The highest BCUT2D eigenvalue weighted by Crippen LogP contribution is 2.08. The van der Waals surface area contributed by atoms with Crippen LogP contribution in [0.3, 0.4) is 0 Å². The molecule has 1 rings (SSSR count). The van der Waals surface area contributed by atoms with Gasteiger partial charge >= 0.3 is 0 Å². The highest BCUT2D eigenvalue weighted by atomic mass is 16.2. The molecule has 0 aromatic heterocycles. The van der Waals surface area contributed by atoms with Gasteiger partial charge in [0.25, 0.3) is 0 Å². The van der Waals surface area contributed by atoms with E-state index in [4.69, 9.17) is 0 Å². The van der Waals surface area contributed by atoms with E-state index in [0.717, 1.165) is 0 Å². The third kappa shape index (κ3) is 2.20. The van der Waals surface area contributed by atoms with E-state index in [-0.39, 0.29) is 24.4 Å². The molecule has 4 heteroatoms. The average Bonchev–Trinajstić information content (AvgIpc) is 2.05. The van der Waals surface area contributed by atoms with E-state index >= 15 is 0 Å². The smallest absolute Gasteiger partial charge is 0.242 e. The number of amides is 2. The van der Waals surface area contributed by atoms with Crippen molar-refractivity contribution in [1.82, 2.24) is 10.2 Å². The van der Waals surface area contributed by atoms with Crippen LogP contribution in [0.5, 0.6) is 0 Å². The quantitative estimate of drug-likeness (QED) is 0.656. The lowest BCUT2D eigenvalue weighted by Gasteiger charge is -2.33. The minimum absolute atomic E-state index is 0.0146. The Morgan fingerprint density at radius 2 is 2.15 bits per heavy atom. The van der Waals surface area contributed by atoms with Crippen LogP contribution in [0, 0.1) is 5.92 Å². The number of rotatable bonds is 2. The Bertz CT molecular complexity index is 226. The third-order valence-corrected chi connectivity index (χ3v) is 2.14. The largest absolute Gasteiger partial charge is 0.345 e. The summed E-state index contributed by atoms with van der Waals surface area (Å²) in [6.07, 6.45) is 0. The molecule has 1 fully saturated rings.